The van der Waals surface area contributed by atoms with Crippen LogP contribution in [0.2, 0.25) is 0 Å². The van der Waals surface area contributed by atoms with E-state index >= 15 is 0 Å². The molecule has 1 saturated heterocycles. The first-order valence-electron chi connectivity index (χ1n) is 5.95. The second kappa shape index (κ2) is 5.13. The summed E-state index contributed by atoms with van der Waals surface area (Å²) in [5.41, 5.74) is 0. The average Bonchev–Trinajstić information content (AvgIpc) is 2.09. The van der Waals surface area contributed by atoms with Crippen molar-refractivity contribution in [2.75, 3.05) is 20.1 Å². The number of likely N-dealkylation sites (tertiary alicyclic amines) is 1. The van der Waals surface area contributed by atoms with Crippen LogP contribution in [0.4, 0.5) is 0 Å². The molecule has 2 nitrogen and oxygen atoms in total. The van der Waals surface area contributed by atoms with E-state index in [1.165, 1.54) is 19.5 Å². The number of hydrogen-bond donors (Lipinski definition) is 1. The predicted octanol–water partition coefficient (Wildman–Crippen LogP) is 1.96. The summed E-state index contributed by atoms with van der Waals surface area (Å²) in [5, 5.41) is 3.76. The Labute approximate surface area is 89.1 Å². The number of nitrogens with zero attached hydrogens (tertiary/aromatic N) is 1. The van der Waals surface area contributed by atoms with Gasteiger partial charge in [0.15, 0.2) is 0 Å². The lowest BCUT2D eigenvalue weighted by atomic mass is 9.92. The van der Waals surface area contributed by atoms with Crippen molar-refractivity contribution < 1.29 is 0 Å². The van der Waals surface area contributed by atoms with Gasteiger partial charge in [-0.3, -0.25) is 0 Å². The fraction of sp³-hybridized carbons (Fsp3) is 1.00. The number of hydrogen-bond acceptors (Lipinski definition) is 2. The lowest BCUT2D eigenvalue weighted by molar-refractivity contribution is 0.161. The molecule has 0 aromatic carbocycles. The fourth-order valence-electron chi connectivity index (χ4n) is 2.13. The van der Waals surface area contributed by atoms with Gasteiger partial charge < -0.3 is 10.2 Å². The molecule has 0 radical (unpaired) electrons. The molecule has 3 atom stereocenters. The summed E-state index contributed by atoms with van der Waals surface area (Å²) >= 11 is 0. The van der Waals surface area contributed by atoms with Gasteiger partial charge in [-0.2, -0.15) is 0 Å². The van der Waals surface area contributed by atoms with Crippen LogP contribution in [0.1, 0.15) is 34.1 Å². The van der Waals surface area contributed by atoms with E-state index in [2.05, 4.69) is 45.0 Å². The zero-order valence-electron chi connectivity index (χ0n) is 10.4. The molecule has 2 unspecified atom stereocenters. The number of nitrogens with one attached hydrogen (secondary N) is 1. The van der Waals surface area contributed by atoms with Gasteiger partial charge in [0, 0.05) is 18.6 Å². The molecule has 84 valence electrons. The summed E-state index contributed by atoms with van der Waals surface area (Å²) in [7, 11) is 2.22. The van der Waals surface area contributed by atoms with Crippen LogP contribution in [0.15, 0.2) is 0 Å². The molecular weight excluding hydrogens is 172 g/mol. The molecule has 0 bridgehead atoms. The first-order chi connectivity index (χ1) is 6.50. The van der Waals surface area contributed by atoms with Gasteiger partial charge in [-0.25, -0.2) is 0 Å². The van der Waals surface area contributed by atoms with Crippen molar-refractivity contribution in [2.45, 2.75) is 46.2 Å². The molecule has 0 aromatic rings. The second-order valence-electron chi connectivity index (χ2n) is 5.33. The van der Waals surface area contributed by atoms with E-state index in [9.17, 15) is 0 Å². The summed E-state index contributed by atoms with van der Waals surface area (Å²) in [6.07, 6.45) is 1.30. The Morgan fingerprint density at radius 2 is 1.93 bits per heavy atom. The highest BCUT2D eigenvalue weighted by molar-refractivity contribution is 4.83. The molecule has 1 rings (SSSR count). The van der Waals surface area contributed by atoms with Gasteiger partial charge in [-0.05, 0) is 38.8 Å². The van der Waals surface area contributed by atoms with E-state index in [1.54, 1.807) is 0 Å². The predicted molar refractivity (Wildman–Crippen MR) is 62.5 cm³/mol. The Hall–Kier alpha value is -0.0800. The van der Waals surface area contributed by atoms with Gasteiger partial charge >= 0.3 is 0 Å². The van der Waals surface area contributed by atoms with E-state index in [-0.39, 0.29) is 0 Å². The van der Waals surface area contributed by atoms with Crippen molar-refractivity contribution in [3.63, 3.8) is 0 Å². The minimum absolute atomic E-state index is 0.644. The Morgan fingerprint density at radius 1 is 1.29 bits per heavy atom. The van der Waals surface area contributed by atoms with Crippen LogP contribution in [-0.4, -0.2) is 37.1 Å². The van der Waals surface area contributed by atoms with Crippen molar-refractivity contribution >= 4 is 0 Å². The monoisotopic (exact) mass is 198 g/mol. The fourth-order valence-corrected chi connectivity index (χ4v) is 2.13. The summed E-state index contributed by atoms with van der Waals surface area (Å²) in [4.78, 5) is 2.43. The van der Waals surface area contributed by atoms with E-state index in [0.29, 0.717) is 6.04 Å². The molecule has 1 N–H and O–H groups in total. The molecule has 1 heterocycles. The van der Waals surface area contributed by atoms with Crippen molar-refractivity contribution in [2.24, 2.45) is 11.8 Å². The highest BCUT2D eigenvalue weighted by atomic mass is 15.1. The summed E-state index contributed by atoms with van der Waals surface area (Å²) in [6.45, 7) is 11.7. The molecule has 2 heteroatoms. The lowest BCUT2D eigenvalue weighted by Crippen LogP contribution is -2.50. The van der Waals surface area contributed by atoms with Crippen LogP contribution in [-0.2, 0) is 0 Å². The molecular formula is C12H26N2. The molecule has 0 saturated carbocycles. The first kappa shape index (κ1) is 12.0. The van der Waals surface area contributed by atoms with Gasteiger partial charge in [0.25, 0.3) is 0 Å². The maximum Gasteiger partial charge on any atom is 0.0120 e. The minimum Gasteiger partial charge on any atom is -0.311 e. The van der Waals surface area contributed by atoms with Crippen molar-refractivity contribution in [1.82, 2.24) is 10.2 Å². The Morgan fingerprint density at radius 3 is 2.43 bits per heavy atom. The molecule has 0 aliphatic carbocycles. The van der Waals surface area contributed by atoms with Crippen LogP contribution < -0.4 is 5.32 Å². The molecule has 1 fully saturated rings. The third-order valence-electron chi connectivity index (χ3n) is 3.59. The smallest absolute Gasteiger partial charge is 0.0120 e. The van der Waals surface area contributed by atoms with Crippen LogP contribution in [0.5, 0.6) is 0 Å². The summed E-state index contributed by atoms with van der Waals surface area (Å²) < 4.78 is 0. The molecule has 1 aliphatic heterocycles. The van der Waals surface area contributed by atoms with E-state index in [4.69, 9.17) is 0 Å². The maximum atomic E-state index is 3.76. The van der Waals surface area contributed by atoms with Gasteiger partial charge in [0.2, 0.25) is 0 Å². The molecule has 0 aromatic heterocycles. The lowest BCUT2D eigenvalue weighted by Gasteiger charge is -2.37. The van der Waals surface area contributed by atoms with Crippen molar-refractivity contribution in [3.8, 4) is 0 Å². The normalized spacial score (nSPS) is 32.1. The zero-order valence-corrected chi connectivity index (χ0v) is 10.4. The largest absolute Gasteiger partial charge is 0.311 e. The van der Waals surface area contributed by atoms with Gasteiger partial charge in [-0.1, -0.05) is 20.8 Å². The quantitative estimate of drug-likeness (QED) is 0.746. The molecule has 0 amide bonds. The number of piperidine rings is 1. The Kier molecular flexibility index (Phi) is 4.39. The summed E-state index contributed by atoms with van der Waals surface area (Å²) in [6, 6.07) is 1.37. The maximum absolute atomic E-state index is 3.76. The SMILES string of the molecule is CC1CN(C)CCC1N[C@@H](C)C(C)C. The molecule has 14 heavy (non-hydrogen) atoms. The molecule has 0 spiro atoms. The standard InChI is InChI=1S/C12H26N2/c1-9(2)11(4)13-12-6-7-14(5)8-10(12)3/h9-13H,6-8H2,1-5H3/t10?,11-,12?/m0/s1. The third-order valence-corrected chi connectivity index (χ3v) is 3.59. The highest BCUT2D eigenvalue weighted by Crippen LogP contribution is 2.17. The third kappa shape index (κ3) is 3.25. The van der Waals surface area contributed by atoms with Crippen LogP contribution in [0.25, 0.3) is 0 Å². The van der Waals surface area contributed by atoms with Gasteiger partial charge in [-0.15, -0.1) is 0 Å². The van der Waals surface area contributed by atoms with Crippen molar-refractivity contribution in [3.05, 3.63) is 0 Å². The second-order valence-corrected chi connectivity index (χ2v) is 5.33. The van der Waals surface area contributed by atoms with E-state index in [0.717, 1.165) is 17.9 Å². The Bertz CT molecular complexity index is 168. The van der Waals surface area contributed by atoms with Crippen molar-refractivity contribution in [1.29, 1.82) is 0 Å². The van der Waals surface area contributed by atoms with E-state index < -0.39 is 0 Å². The van der Waals surface area contributed by atoms with Gasteiger partial charge in [0.1, 0.15) is 0 Å². The molecule has 1 aliphatic rings. The van der Waals surface area contributed by atoms with Crippen LogP contribution >= 0.6 is 0 Å². The highest BCUT2D eigenvalue weighted by Gasteiger charge is 2.25. The average molecular weight is 198 g/mol. The topological polar surface area (TPSA) is 15.3 Å². The first-order valence-corrected chi connectivity index (χ1v) is 5.95. The Balaban J connectivity index is 2.37. The van der Waals surface area contributed by atoms with Gasteiger partial charge in [0.05, 0.1) is 0 Å². The summed E-state index contributed by atoms with van der Waals surface area (Å²) in [5.74, 6) is 1.52. The van der Waals surface area contributed by atoms with E-state index in [1.807, 2.05) is 0 Å². The van der Waals surface area contributed by atoms with Crippen LogP contribution in [0, 0.1) is 11.8 Å². The minimum atomic E-state index is 0.644. The number of rotatable bonds is 3. The van der Waals surface area contributed by atoms with Crippen LogP contribution in [0.3, 0.4) is 0 Å². The zero-order chi connectivity index (χ0) is 10.7.